The molecule has 98 valence electrons. The average Bonchev–Trinajstić information content (AvgIpc) is 2.36. The molecular weight excluding hydrogens is 400 g/mol. The predicted octanol–water partition coefficient (Wildman–Crippen LogP) is 5.26. The minimum atomic E-state index is -0.575. The molecule has 1 N–H and O–H groups in total. The van der Waals surface area contributed by atoms with Crippen LogP contribution in [0.25, 0.3) is 0 Å². The van der Waals surface area contributed by atoms with Crippen LogP contribution in [0.5, 0.6) is 0 Å². The quantitative estimate of drug-likeness (QED) is 0.723. The van der Waals surface area contributed by atoms with Crippen molar-refractivity contribution in [3.8, 4) is 0 Å². The lowest BCUT2D eigenvalue weighted by molar-refractivity contribution is 0.102. The molecule has 19 heavy (non-hydrogen) atoms. The van der Waals surface area contributed by atoms with Gasteiger partial charge in [-0.1, -0.05) is 27.5 Å². The van der Waals surface area contributed by atoms with E-state index in [1.165, 1.54) is 18.2 Å². The fraction of sp³-hybridized carbons (Fsp3) is 0. The van der Waals surface area contributed by atoms with Gasteiger partial charge in [0.25, 0.3) is 5.91 Å². The molecule has 0 fully saturated rings. The smallest absolute Gasteiger partial charge is 0.258 e. The van der Waals surface area contributed by atoms with Gasteiger partial charge in [-0.05, 0) is 52.3 Å². The molecule has 0 heterocycles. The summed E-state index contributed by atoms with van der Waals surface area (Å²) in [5, 5.41) is 3.14. The molecule has 0 aliphatic heterocycles. The van der Waals surface area contributed by atoms with Gasteiger partial charge in [0.1, 0.15) is 5.82 Å². The maximum Gasteiger partial charge on any atom is 0.258 e. The van der Waals surface area contributed by atoms with Crippen LogP contribution in [-0.4, -0.2) is 5.91 Å². The number of hydrogen-bond acceptors (Lipinski definition) is 1. The molecule has 2 aromatic rings. The third-order valence-corrected chi connectivity index (χ3v) is 4.06. The number of benzene rings is 2. The monoisotopic (exact) mass is 405 g/mol. The van der Waals surface area contributed by atoms with Crippen molar-refractivity contribution < 1.29 is 9.18 Å². The summed E-state index contributed by atoms with van der Waals surface area (Å²) < 4.78 is 14.8. The van der Waals surface area contributed by atoms with Crippen molar-refractivity contribution in [3.63, 3.8) is 0 Å². The largest absolute Gasteiger partial charge is 0.322 e. The normalized spacial score (nSPS) is 10.3. The molecule has 0 aromatic heterocycles. The maximum atomic E-state index is 13.6. The second-order valence-corrected chi connectivity index (χ2v) is 5.88. The Morgan fingerprint density at radius 3 is 2.58 bits per heavy atom. The molecule has 2 rings (SSSR count). The highest BCUT2D eigenvalue weighted by Crippen LogP contribution is 2.26. The predicted molar refractivity (Wildman–Crippen MR) is 81.2 cm³/mol. The number of amides is 1. The second-order valence-electron chi connectivity index (χ2n) is 3.71. The van der Waals surface area contributed by atoms with Gasteiger partial charge in [-0.25, -0.2) is 4.39 Å². The lowest BCUT2D eigenvalue weighted by Gasteiger charge is -2.07. The van der Waals surface area contributed by atoms with Crippen LogP contribution in [0, 0.1) is 5.82 Å². The van der Waals surface area contributed by atoms with E-state index in [0.29, 0.717) is 19.7 Å². The number of hydrogen-bond donors (Lipinski definition) is 1. The van der Waals surface area contributed by atoms with E-state index >= 15 is 0 Å². The van der Waals surface area contributed by atoms with Gasteiger partial charge in [0, 0.05) is 14.6 Å². The first-order valence-electron chi connectivity index (χ1n) is 5.19. The number of anilines is 1. The molecular formula is C13H7Br2ClFNO. The Kier molecular flexibility index (Phi) is 4.60. The fourth-order valence-corrected chi connectivity index (χ4v) is 2.30. The summed E-state index contributed by atoms with van der Waals surface area (Å²) in [6, 6.07) is 9.12. The molecule has 0 saturated heterocycles. The molecule has 2 aromatic carbocycles. The molecule has 0 unspecified atom stereocenters. The molecule has 2 nitrogen and oxygen atoms in total. The average molecular weight is 407 g/mol. The van der Waals surface area contributed by atoms with Crippen molar-refractivity contribution in [1.29, 1.82) is 0 Å². The third kappa shape index (κ3) is 3.55. The number of rotatable bonds is 2. The van der Waals surface area contributed by atoms with E-state index in [0.717, 1.165) is 0 Å². The summed E-state index contributed by atoms with van der Waals surface area (Å²) in [6.45, 7) is 0. The topological polar surface area (TPSA) is 29.1 Å². The van der Waals surface area contributed by atoms with E-state index in [4.69, 9.17) is 11.6 Å². The summed E-state index contributed by atoms with van der Waals surface area (Å²) in [6.07, 6.45) is 0. The summed E-state index contributed by atoms with van der Waals surface area (Å²) in [4.78, 5) is 12.0. The van der Waals surface area contributed by atoms with Crippen LogP contribution in [0.3, 0.4) is 0 Å². The molecule has 0 aliphatic rings. The van der Waals surface area contributed by atoms with E-state index in [1.54, 1.807) is 18.2 Å². The highest BCUT2D eigenvalue weighted by molar-refractivity contribution is 9.10. The van der Waals surface area contributed by atoms with Crippen molar-refractivity contribution in [2.75, 3.05) is 5.32 Å². The standard InChI is InChI=1S/C13H7Br2ClFNO/c14-7-1-4-12(17)9(5-7)13(19)18-8-2-3-11(16)10(15)6-8/h1-6H,(H,18,19). The zero-order valence-electron chi connectivity index (χ0n) is 9.38. The number of halogens is 4. The lowest BCUT2D eigenvalue weighted by Crippen LogP contribution is -2.13. The summed E-state index contributed by atoms with van der Waals surface area (Å²) in [5.74, 6) is -1.10. The Morgan fingerprint density at radius 1 is 1.16 bits per heavy atom. The summed E-state index contributed by atoms with van der Waals surface area (Å²) >= 11 is 12.3. The van der Waals surface area contributed by atoms with Gasteiger partial charge < -0.3 is 5.32 Å². The Labute approximate surface area is 131 Å². The molecule has 0 bridgehead atoms. The van der Waals surface area contributed by atoms with Crippen LogP contribution in [0.4, 0.5) is 10.1 Å². The Morgan fingerprint density at radius 2 is 1.89 bits per heavy atom. The van der Waals surface area contributed by atoms with Crippen LogP contribution in [0.15, 0.2) is 45.3 Å². The van der Waals surface area contributed by atoms with Crippen molar-refractivity contribution in [1.82, 2.24) is 0 Å². The van der Waals surface area contributed by atoms with Gasteiger partial charge in [0.15, 0.2) is 0 Å². The SMILES string of the molecule is O=C(Nc1ccc(Cl)c(Br)c1)c1cc(Br)ccc1F. The second kappa shape index (κ2) is 6.03. The minimum Gasteiger partial charge on any atom is -0.322 e. The van der Waals surface area contributed by atoms with Crippen LogP contribution < -0.4 is 5.32 Å². The Bertz CT molecular complexity index is 649. The molecule has 1 amide bonds. The lowest BCUT2D eigenvalue weighted by atomic mass is 10.2. The van der Waals surface area contributed by atoms with E-state index in [2.05, 4.69) is 37.2 Å². The first-order chi connectivity index (χ1) is 8.97. The molecule has 0 spiro atoms. The van der Waals surface area contributed by atoms with Gasteiger partial charge >= 0.3 is 0 Å². The summed E-state index contributed by atoms with van der Waals surface area (Å²) in [5.41, 5.74) is 0.501. The van der Waals surface area contributed by atoms with Crippen LogP contribution >= 0.6 is 43.5 Å². The van der Waals surface area contributed by atoms with Gasteiger partial charge in [-0.2, -0.15) is 0 Å². The maximum absolute atomic E-state index is 13.6. The Balaban J connectivity index is 2.25. The molecule has 0 atom stereocenters. The van der Waals surface area contributed by atoms with Gasteiger partial charge in [-0.3, -0.25) is 4.79 Å². The third-order valence-electron chi connectivity index (χ3n) is 2.35. The van der Waals surface area contributed by atoms with Gasteiger partial charge in [-0.15, -0.1) is 0 Å². The van der Waals surface area contributed by atoms with Crippen molar-refractivity contribution in [3.05, 3.63) is 61.7 Å². The number of carbonyl (C=O) groups excluding carboxylic acids is 1. The molecule has 0 aliphatic carbocycles. The highest BCUT2D eigenvalue weighted by atomic mass is 79.9. The van der Waals surface area contributed by atoms with Crippen LogP contribution in [0.2, 0.25) is 5.02 Å². The van der Waals surface area contributed by atoms with Crippen LogP contribution in [0.1, 0.15) is 10.4 Å². The van der Waals surface area contributed by atoms with E-state index in [9.17, 15) is 9.18 Å². The van der Waals surface area contributed by atoms with Crippen molar-refractivity contribution >= 4 is 55.1 Å². The molecule has 0 radical (unpaired) electrons. The molecule has 0 saturated carbocycles. The summed E-state index contributed by atoms with van der Waals surface area (Å²) in [7, 11) is 0. The Hall–Kier alpha value is -0.910. The first kappa shape index (κ1) is 14.5. The van der Waals surface area contributed by atoms with Crippen LogP contribution in [-0.2, 0) is 0 Å². The first-order valence-corrected chi connectivity index (χ1v) is 7.15. The highest BCUT2D eigenvalue weighted by Gasteiger charge is 2.12. The fourth-order valence-electron chi connectivity index (χ4n) is 1.44. The van der Waals surface area contributed by atoms with E-state index < -0.39 is 11.7 Å². The number of carbonyl (C=O) groups is 1. The van der Waals surface area contributed by atoms with Gasteiger partial charge in [0.05, 0.1) is 10.6 Å². The number of nitrogens with one attached hydrogen (secondary N) is 1. The van der Waals surface area contributed by atoms with Gasteiger partial charge in [0.2, 0.25) is 0 Å². The van der Waals surface area contributed by atoms with Crippen molar-refractivity contribution in [2.24, 2.45) is 0 Å². The zero-order valence-corrected chi connectivity index (χ0v) is 13.3. The zero-order chi connectivity index (χ0) is 14.0. The van der Waals surface area contributed by atoms with Crippen molar-refractivity contribution in [2.45, 2.75) is 0 Å². The van der Waals surface area contributed by atoms with E-state index in [1.807, 2.05) is 0 Å². The molecule has 6 heteroatoms. The minimum absolute atomic E-state index is 0.0274. The van der Waals surface area contributed by atoms with E-state index in [-0.39, 0.29) is 5.56 Å².